The molecule has 5 N–H and O–H groups in total. The molecule has 0 atom stereocenters. The van der Waals surface area contributed by atoms with E-state index in [1.54, 1.807) is 35.5 Å². The molecule has 2 rings (SSSR count). The Balaban J connectivity index is 2.31. The van der Waals surface area contributed by atoms with Crippen LogP contribution in [-0.2, 0) is 47.5 Å². The number of Topliss-reactive ketones (excluding diaryl/α,β-unsaturated/α-hetero) is 1. The summed E-state index contributed by atoms with van der Waals surface area (Å²) in [5, 5.41) is 7.61. The molecule has 3 amide bonds. The smallest absolute Gasteiger partial charge is 0.465 e. The maximum atomic E-state index is 13.4. The lowest BCUT2D eigenvalue weighted by atomic mass is 10.1. The van der Waals surface area contributed by atoms with Gasteiger partial charge in [0.2, 0.25) is 17.7 Å². The van der Waals surface area contributed by atoms with E-state index in [1.807, 2.05) is 4.90 Å². The van der Waals surface area contributed by atoms with Gasteiger partial charge in [-0.3, -0.25) is 62.9 Å². The summed E-state index contributed by atoms with van der Waals surface area (Å²) in [4.78, 5) is 113. The minimum atomic E-state index is -4.80. The minimum Gasteiger partial charge on any atom is -0.465 e. The van der Waals surface area contributed by atoms with Crippen molar-refractivity contribution >= 4 is 49.2 Å². The zero-order chi connectivity index (χ0) is 41.5. The second-order valence-corrected chi connectivity index (χ2v) is 13.5. The van der Waals surface area contributed by atoms with E-state index in [4.69, 9.17) is 24.0 Å². The normalized spacial score (nSPS) is 15.3. The molecule has 1 aromatic carbocycles. The number of ketones is 1. The summed E-state index contributed by atoms with van der Waals surface area (Å²) in [5.41, 5.74) is 0.247. The lowest BCUT2D eigenvalue weighted by Crippen LogP contribution is -2.51. The Kier molecular flexibility index (Phi) is 21.8. The zero-order valence-corrected chi connectivity index (χ0v) is 33.0. The van der Waals surface area contributed by atoms with Crippen LogP contribution in [0.15, 0.2) is 24.3 Å². The second kappa shape index (κ2) is 25.6. The van der Waals surface area contributed by atoms with E-state index in [0.717, 1.165) is 0 Å². The standard InChI is InChI=1S/C34H54N7O14P/c1-4-52-32(46)19-35-29(43)23-39-13-11-38(22-28(42)26-7-9-27(10-8-26)55-56(49,50)51)12-14-40(24-30(44)36-20-33(47)53-5-2)16-18-41(17-15-39)25-31(45)37-21-34(48)54-6-3/h7-10H,4-6,11-25H2,1-3H3,(H,35,43)(H,36,44)(H,37,45)(H2,49,50,51). The first-order chi connectivity index (χ1) is 26.6. The number of phosphoric ester groups is 1. The highest BCUT2D eigenvalue weighted by Crippen LogP contribution is 2.37. The lowest BCUT2D eigenvalue weighted by Gasteiger charge is -2.33. The van der Waals surface area contributed by atoms with E-state index < -0.39 is 43.5 Å². The molecule has 21 nitrogen and oxygen atoms in total. The third kappa shape index (κ3) is 21.0. The SMILES string of the molecule is CCOC(=O)CNC(=O)CN1CCN(CC(=O)NCC(=O)OCC)CCN(CC(=O)c2ccc(OP(=O)(O)O)cc2)CCN(CC(=O)NCC(=O)OCC)CC1. The van der Waals surface area contributed by atoms with Crippen LogP contribution in [-0.4, -0.2) is 189 Å². The maximum absolute atomic E-state index is 13.4. The largest absolute Gasteiger partial charge is 0.524 e. The molecule has 1 aromatic rings. The fraction of sp³-hybridized carbons (Fsp3) is 0.618. The highest BCUT2D eigenvalue weighted by atomic mass is 31.2. The molecule has 314 valence electrons. The van der Waals surface area contributed by atoms with Gasteiger partial charge in [-0.25, -0.2) is 4.57 Å². The van der Waals surface area contributed by atoms with Gasteiger partial charge in [0.15, 0.2) is 5.78 Å². The number of carbonyl (C=O) groups excluding carboxylic acids is 7. The van der Waals surface area contributed by atoms with Crippen molar-refractivity contribution in [3.05, 3.63) is 29.8 Å². The van der Waals surface area contributed by atoms with Crippen LogP contribution in [0, 0.1) is 0 Å². The van der Waals surface area contributed by atoms with E-state index in [9.17, 15) is 38.1 Å². The molecule has 56 heavy (non-hydrogen) atoms. The molecule has 22 heteroatoms. The average Bonchev–Trinajstić information content (AvgIpc) is 3.13. The predicted molar refractivity (Wildman–Crippen MR) is 198 cm³/mol. The van der Waals surface area contributed by atoms with Gasteiger partial charge in [0, 0.05) is 57.9 Å². The van der Waals surface area contributed by atoms with Crippen LogP contribution in [0.25, 0.3) is 0 Å². The highest BCUT2D eigenvalue weighted by Gasteiger charge is 2.23. The van der Waals surface area contributed by atoms with E-state index >= 15 is 0 Å². The molecule has 0 aromatic heterocycles. The monoisotopic (exact) mass is 815 g/mol. The van der Waals surface area contributed by atoms with Crippen LogP contribution in [0.3, 0.4) is 0 Å². The zero-order valence-electron chi connectivity index (χ0n) is 32.1. The molecule has 1 saturated heterocycles. The summed E-state index contributed by atoms with van der Waals surface area (Å²) in [6, 6.07) is 5.28. The van der Waals surface area contributed by atoms with E-state index in [-0.39, 0.29) is 135 Å². The molecule has 1 aliphatic rings. The summed E-state index contributed by atoms with van der Waals surface area (Å²) in [5.74, 6) is -3.59. The number of nitrogens with zero attached hydrogens (tertiary/aromatic N) is 4. The van der Waals surface area contributed by atoms with Gasteiger partial charge in [-0.2, -0.15) is 0 Å². The molecule has 0 spiro atoms. The van der Waals surface area contributed by atoms with Gasteiger partial charge in [-0.1, -0.05) is 0 Å². The summed E-state index contributed by atoms with van der Waals surface area (Å²) in [6.07, 6.45) is 0. The molecule has 0 aliphatic carbocycles. The van der Waals surface area contributed by atoms with Crippen LogP contribution >= 0.6 is 7.82 Å². The number of amides is 3. The minimum absolute atomic E-state index is 0.1000. The van der Waals surface area contributed by atoms with Crippen molar-refractivity contribution in [2.24, 2.45) is 0 Å². The number of carbonyl (C=O) groups is 7. The third-order valence-electron chi connectivity index (χ3n) is 8.00. The van der Waals surface area contributed by atoms with E-state index in [1.165, 1.54) is 24.3 Å². The van der Waals surface area contributed by atoms with Crippen molar-refractivity contribution in [1.29, 1.82) is 0 Å². The van der Waals surface area contributed by atoms with Gasteiger partial charge in [0.05, 0.1) is 46.0 Å². The van der Waals surface area contributed by atoms with E-state index in [2.05, 4.69) is 20.5 Å². The highest BCUT2D eigenvalue weighted by molar-refractivity contribution is 7.46. The number of benzene rings is 1. The molecule has 1 heterocycles. The number of ether oxygens (including phenoxy) is 3. The van der Waals surface area contributed by atoms with Gasteiger partial charge in [-0.05, 0) is 45.0 Å². The van der Waals surface area contributed by atoms with Crippen LogP contribution < -0.4 is 20.5 Å². The topological polar surface area (TPSA) is 263 Å². The van der Waals surface area contributed by atoms with Gasteiger partial charge in [0.1, 0.15) is 25.4 Å². The Hall–Kier alpha value is -4.50. The Bertz CT molecular complexity index is 1460. The van der Waals surface area contributed by atoms with Crippen LogP contribution in [0.4, 0.5) is 0 Å². The molecular weight excluding hydrogens is 761 g/mol. The van der Waals surface area contributed by atoms with Crippen molar-refractivity contribution in [3.8, 4) is 5.75 Å². The molecule has 1 fully saturated rings. The first-order valence-electron chi connectivity index (χ1n) is 18.1. The van der Waals surface area contributed by atoms with Crippen molar-refractivity contribution < 1.29 is 66.6 Å². The Morgan fingerprint density at radius 2 is 0.857 bits per heavy atom. The summed E-state index contributed by atoms with van der Waals surface area (Å²) in [6.45, 7) is 6.07. The van der Waals surface area contributed by atoms with Crippen molar-refractivity contribution in [3.63, 3.8) is 0 Å². The fourth-order valence-corrected chi connectivity index (χ4v) is 5.67. The molecule has 1 aliphatic heterocycles. The molecule has 0 bridgehead atoms. The molecular formula is C34H54N7O14P. The van der Waals surface area contributed by atoms with Gasteiger partial charge in [-0.15, -0.1) is 0 Å². The predicted octanol–water partition coefficient (Wildman–Crippen LogP) is -2.40. The Morgan fingerprint density at radius 3 is 1.14 bits per heavy atom. The van der Waals surface area contributed by atoms with Crippen molar-refractivity contribution in [2.45, 2.75) is 20.8 Å². The number of nitrogens with one attached hydrogen (secondary N) is 3. The van der Waals surface area contributed by atoms with Gasteiger partial charge in [0.25, 0.3) is 0 Å². The molecule has 0 unspecified atom stereocenters. The van der Waals surface area contributed by atoms with Crippen LogP contribution in [0.5, 0.6) is 5.75 Å². The van der Waals surface area contributed by atoms with E-state index in [0.29, 0.717) is 0 Å². The second-order valence-electron chi connectivity index (χ2n) is 12.4. The summed E-state index contributed by atoms with van der Waals surface area (Å²) >= 11 is 0. The van der Waals surface area contributed by atoms with Gasteiger partial charge < -0.3 is 34.7 Å². The first kappa shape index (κ1) is 47.7. The van der Waals surface area contributed by atoms with Crippen LogP contribution in [0.2, 0.25) is 0 Å². The summed E-state index contributed by atoms with van der Waals surface area (Å²) < 4.78 is 30.4. The summed E-state index contributed by atoms with van der Waals surface area (Å²) in [7, 11) is -4.80. The first-order valence-corrected chi connectivity index (χ1v) is 19.7. The lowest BCUT2D eigenvalue weighted by molar-refractivity contribution is -0.144. The Labute approximate surface area is 325 Å². The number of hydrogen-bond donors (Lipinski definition) is 5. The average molecular weight is 816 g/mol. The Morgan fingerprint density at radius 1 is 0.554 bits per heavy atom. The number of hydrogen-bond acceptors (Lipinski definition) is 16. The molecule has 0 saturated carbocycles. The van der Waals surface area contributed by atoms with Gasteiger partial charge >= 0.3 is 25.7 Å². The number of esters is 3. The van der Waals surface area contributed by atoms with Crippen LogP contribution in [0.1, 0.15) is 31.1 Å². The quantitative estimate of drug-likeness (QED) is 0.0398. The maximum Gasteiger partial charge on any atom is 0.524 e. The third-order valence-corrected chi connectivity index (χ3v) is 8.45. The van der Waals surface area contributed by atoms with Crippen molar-refractivity contribution in [1.82, 2.24) is 35.6 Å². The number of rotatable bonds is 20. The molecule has 0 radical (unpaired) electrons. The van der Waals surface area contributed by atoms with Crippen molar-refractivity contribution in [2.75, 3.05) is 118 Å². The number of phosphoric acid groups is 1. The fourth-order valence-electron chi connectivity index (χ4n) is 5.27.